The van der Waals surface area contributed by atoms with Crippen LogP contribution in [-0.4, -0.2) is 61.0 Å². The molecular formula is C30H35N5O. The van der Waals surface area contributed by atoms with Crippen molar-refractivity contribution in [1.29, 1.82) is 0 Å². The molecule has 3 aliphatic rings. The van der Waals surface area contributed by atoms with Gasteiger partial charge in [0.1, 0.15) is 0 Å². The Morgan fingerprint density at radius 1 is 1.08 bits per heavy atom. The smallest absolute Gasteiger partial charge is 0.195 e. The lowest BCUT2D eigenvalue weighted by Gasteiger charge is -2.42. The van der Waals surface area contributed by atoms with Crippen molar-refractivity contribution in [3.63, 3.8) is 0 Å². The van der Waals surface area contributed by atoms with Gasteiger partial charge in [-0.25, -0.2) is 4.85 Å². The average Bonchev–Trinajstić information content (AvgIpc) is 3.32. The van der Waals surface area contributed by atoms with Gasteiger partial charge in [-0.15, -0.1) is 0 Å². The fourth-order valence-electron chi connectivity index (χ4n) is 6.66. The lowest BCUT2D eigenvalue weighted by atomic mass is 9.70. The van der Waals surface area contributed by atoms with Gasteiger partial charge >= 0.3 is 0 Å². The molecule has 1 aromatic heterocycles. The van der Waals surface area contributed by atoms with Crippen LogP contribution in [0.1, 0.15) is 66.4 Å². The first kappa shape index (κ1) is 23.3. The number of H-pyrrole nitrogens is 1. The minimum atomic E-state index is -0.337. The van der Waals surface area contributed by atoms with Gasteiger partial charge in [0.2, 0.25) is 0 Å². The molecule has 2 aromatic carbocycles. The number of hydrogen-bond donors (Lipinski definition) is 2. The van der Waals surface area contributed by atoms with Gasteiger partial charge in [-0.3, -0.25) is 9.69 Å². The van der Waals surface area contributed by atoms with Gasteiger partial charge in [-0.05, 0) is 48.6 Å². The molecule has 2 N–H and O–H groups in total. The Kier molecular flexibility index (Phi) is 5.66. The number of aryl methyl sites for hydroxylation is 1. The topological polar surface area (TPSA) is 55.7 Å². The molecule has 2 aliphatic heterocycles. The highest BCUT2D eigenvalue weighted by Gasteiger charge is 2.40. The number of carbonyl (C=O) groups is 1. The second-order valence-electron chi connectivity index (χ2n) is 11.1. The summed E-state index contributed by atoms with van der Waals surface area (Å²) in [5.74, 6) is 0.0970. The third-order valence-electron chi connectivity index (χ3n) is 8.75. The molecule has 2 fully saturated rings. The van der Waals surface area contributed by atoms with Crippen LogP contribution in [0.3, 0.4) is 0 Å². The van der Waals surface area contributed by atoms with E-state index in [1.807, 2.05) is 18.2 Å². The summed E-state index contributed by atoms with van der Waals surface area (Å²) in [5, 5.41) is 4.38. The monoisotopic (exact) mass is 481 g/mol. The molecule has 0 unspecified atom stereocenters. The van der Waals surface area contributed by atoms with Gasteiger partial charge in [-0.2, -0.15) is 0 Å². The Hall–Kier alpha value is -3.14. The molecule has 2 saturated heterocycles. The van der Waals surface area contributed by atoms with E-state index in [-0.39, 0.29) is 11.2 Å². The maximum Gasteiger partial charge on any atom is 0.195 e. The van der Waals surface area contributed by atoms with Crippen LogP contribution in [0, 0.1) is 6.57 Å². The number of piperidine rings is 1. The first-order chi connectivity index (χ1) is 17.4. The number of ketones is 1. The van der Waals surface area contributed by atoms with Crippen LogP contribution < -0.4 is 10.2 Å². The molecule has 186 valence electrons. The Morgan fingerprint density at radius 2 is 1.83 bits per heavy atom. The number of benzene rings is 2. The molecule has 0 saturated carbocycles. The fraction of sp³-hybridized carbons (Fsp3) is 0.467. The van der Waals surface area contributed by atoms with E-state index in [0.717, 1.165) is 79.0 Å². The molecule has 1 aliphatic carbocycles. The van der Waals surface area contributed by atoms with Gasteiger partial charge in [0.05, 0.1) is 12.1 Å². The third-order valence-corrected chi connectivity index (χ3v) is 8.75. The summed E-state index contributed by atoms with van der Waals surface area (Å²) in [5.41, 5.74) is 7.35. The number of piperazine rings is 1. The molecule has 6 heteroatoms. The van der Waals surface area contributed by atoms with E-state index in [4.69, 9.17) is 6.57 Å². The number of aromatic amines is 1. The summed E-state index contributed by atoms with van der Waals surface area (Å²) in [6, 6.07) is 10.8. The highest BCUT2D eigenvalue weighted by molar-refractivity contribution is 6.20. The number of nitrogens with one attached hydrogen (secondary N) is 2. The highest BCUT2D eigenvalue weighted by atomic mass is 16.1. The van der Waals surface area contributed by atoms with Crippen LogP contribution in [-0.2, 0) is 11.8 Å². The van der Waals surface area contributed by atoms with Crippen molar-refractivity contribution in [2.45, 2.75) is 51.5 Å². The molecule has 6 nitrogen and oxygen atoms in total. The van der Waals surface area contributed by atoms with Crippen molar-refractivity contribution in [3.8, 4) is 0 Å². The van der Waals surface area contributed by atoms with Gasteiger partial charge in [0.25, 0.3) is 0 Å². The lowest BCUT2D eigenvalue weighted by Crippen LogP contribution is -2.52. The van der Waals surface area contributed by atoms with E-state index in [0.29, 0.717) is 11.7 Å². The summed E-state index contributed by atoms with van der Waals surface area (Å²) in [7, 11) is 0. The zero-order valence-corrected chi connectivity index (χ0v) is 21.6. The second kappa shape index (κ2) is 8.76. The first-order valence-electron chi connectivity index (χ1n) is 13.4. The molecule has 0 radical (unpaired) electrons. The van der Waals surface area contributed by atoms with Crippen molar-refractivity contribution in [3.05, 3.63) is 69.7 Å². The molecule has 3 aromatic rings. The number of hydrogen-bond acceptors (Lipinski definition) is 4. The van der Waals surface area contributed by atoms with Crippen molar-refractivity contribution in [2.24, 2.45) is 0 Å². The number of carbonyl (C=O) groups excluding carboxylic acids is 1. The van der Waals surface area contributed by atoms with Crippen LogP contribution in [0.4, 0.5) is 11.4 Å². The van der Waals surface area contributed by atoms with Gasteiger partial charge in [-0.1, -0.05) is 32.9 Å². The number of aromatic nitrogens is 1. The number of fused-ring (bicyclic) bond motifs is 4. The molecule has 0 bridgehead atoms. The molecule has 0 spiro atoms. The number of nitrogens with zero attached hydrogens (tertiary/aromatic N) is 3. The predicted molar refractivity (Wildman–Crippen MR) is 146 cm³/mol. The second-order valence-corrected chi connectivity index (χ2v) is 11.1. The van der Waals surface area contributed by atoms with Crippen molar-refractivity contribution >= 4 is 28.1 Å². The van der Waals surface area contributed by atoms with Crippen LogP contribution >= 0.6 is 0 Å². The fourth-order valence-corrected chi connectivity index (χ4v) is 6.66. The van der Waals surface area contributed by atoms with E-state index in [1.54, 1.807) is 0 Å². The molecule has 3 heterocycles. The lowest BCUT2D eigenvalue weighted by molar-refractivity contribution is 0.103. The summed E-state index contributed by atoms with van der Waals surface area (Å²) in [6.45, 7) is 20.6. The Bertz CT molecular complexity index is 1380. The highest BCUT2D eigenvalue weighted by Crippen LogP contribution is 2.46. The normalized spacial score (nSPS) is 20.3. The minimum absolute atomic E-state index is 0.0970. The molecule has 0 atom stereocenters. The largest absolute Gasteiger partial charge is 0.371 e. The average molecular weight is 482 g/mol. The minimum Gasteiger partial charge on any atom is -0.371 e. The summed E-state index contributed by atoms with van der Waals surface area (Å²) >= 11 is 0. The first-order valence-corrected chi connectivity index (χ1v) is 13.4. The van der Waals surface area contributed by atoms with E-state index >= 15 is 0 Å². The molecule has 36 heavy (non-hydrogen) atoms. The van der Waals surface area contributed by atoms with Crippen LogP contribution in [0.2, 0.25) is 0 Å². The van der Waals surface area contributed by atoms with Crippen molar-refractivity contribution < 1.29 is 4.79 Å². The summed E-state index contributed by atoms with van der Waals surface area (Å²) < 4.78 is 0. The standard InChI is InChI=1S/C30H35N5O/c1-5-19-16-23-24(18-26(19)35-12-8-21(9-13-35)34-14-10-32-11-15-34)30(2,3)29-27(28(23)36)22-7-6-20(31-4)17-25(22)33-29/h6-7,16-18,21,32-33H,5,8-15H2,1-3H3. The van der Waals surface area contributed by atoms with E-state index in [2.05, 4.69) is 57.8 Å². The Labute approximate surface area is 213 Å². The molecule has 0 amide bonds. The number of anilines is 1. The van der Waals surface area contributed by atoms with Gasteiger partial charge < -0.3 is 15.2 Å². The SMILES string of the molecule is [C-]#[N+]c1ccc2c3c([nH]c2c1)C(C)(C)c1cc(N2CCC(N4CCNCC4)CC2)c(CC)cc1C3=O. The van der Waals surface area contributed by atoms with E-state index < -0.39 is 0 Å². The Morgan fingerprint density at radius 3 is 2.53 bits per heavy atom. The van der Waals surface area contributed by atoms with E-state index in [1.165, 1.54) is 24.1 Å². The van der Waals surface area contributed by atoms with Crippen LogP contribution in [0.5, 0.6) is 0 Å². The third kappa shape index (κ3) is 3.56. The van der Waals surface area contributed by atoms with Crippen LogP contribution in [0.25, 0.3) is 15.7 Å². The summed E-state index contributed by atoms with van der Waals surface area (Å²) in [6.07, 6.45) is 3.29. The molecular weight excluding hydrogens is 446 g/mol. The van der Waals surface area contributed by atoms with Crippen molar-refractivity contribution in [1.82, 2.24) is 15.2 Å². The van der Waals surface area contributed by atoms with Crippen LogP contribution in [0.15, 0.2) is 30.3 Å². The van der Waals surface area contributed by atoms with E-state index in [9.17, 15) is 4.79 Å². The Balaban J connectivity index is 1.37. The summed E-state index contributed by atoms with van der Waals surface area (Å²) in [4.78, 5) is 26.2. The predicted octanol–water partition coefficient (Wildman–Crippen LogP) is 5.03. The zero-order chi connectivity index (χ0) is 25.0. The van der Waals surface area contributed by atoms with Crippen molar-refractivity contribution in [2.75, 3.05) is 44.2 Å². The maximum absolute atomic E-state index is 13.9. The zero-order valence-electron chi connectivity index (χ0n) is 21.6. The maximum atomic E-state index is 13.9. The molecule has 6 rings (SSSR count). The van der Waals surface area contributed by atoms with Gasteiger partial charge in [0, 0.05) is 78.6 Å². The number of rotatable bonds is 3. The van der Waals surface area contributed by atoms with Gasteiger partial charge in [0.15, 0.2) is 11.5 Å². The quantitative estimate of drug-likeness (QED) is 0.516.